The normalized spacial score (nSPS) is 14.2. The van der Waals surface area contributed by atoms with Crippen LogP contribution in [0.1, 0.15) is 40.0 Å². The lowest BCUT2D eigenvalue weighted by atomic mass is 9.93. The number of carboxylic acid groups (broad SMARTS) is 1. The van der Waals surface area contributed by atoms with Crippen LogP contribution in [-0.2, 0) is 9.53 Å². The highest BCUT2D eigenvalue weighted by Gasteiger charge is 2.18. The van der Waals surface area contributed by atoms with Crippen LogP contribution in [0.15, 0.2) is 0 Å². The van der Waals surface area contributed by atoms with E-state index in [1.165, 1.54) is 0 Å². The molecule has 0 aromatic carbocycles. The predicted octanol–water partition coefficient (Wildman–Crippen LogP) is 0.968. The quantitative estimate of drug-likeness (QED) is 0.622. The molecule has 0 heterocycles. The van der Waals surface area contributed by atoms with Gasteiger partial charge in [-0.3, -0.25) is 0 Å². The van der Waals surface area contributed by atoms with Gasteiger partial charge in [0.1, 0.15) is 0 Å². The molecule has 0 spiro atoms. The molecule has 0 amide bonds. The average molecular weight is 187 g/mol. The van der Waals surface area contributed by atoms with Crippen LogP contribution in [-0.4, -0.2) is 18.7 Å². The largest absolute Gasteiger partial charge is 0.550 e. The molecule has 0 aromatic heterocycles. The third kappa shape index (κ3) is 4.88. The summed E-state index contributed by atoms with van der Waals surface area (Å²) in [4.78, 5) is 10.6. The second kappa shape index (κ2) is 5.22. The first-order chi connectivity index (χ1) is 5.93. The van der Waals surface area contributed by atoms with Crippen molar-refractivity contribution < 1.29 is 14.6 Å². The summed E-state index contributed by atoms with van der Waals surface area (Å²) in [7, 11) is 1.64. The van der Waals surface area contributed by atoms with Crippen molar-refractivity contribution in [3.8, 4) is 0 Å². The van der Waals surface area contributed by atoms with Gasteiger partial charge in [-0.05, 0) is 39.0 Å². The molecule has 0 bridgehead atoms. The highest BCUT2D eigenvalue weighted by atomic mass is 16.5. The Labute approximate surface area is 80.1 Å². The summed E-state index contributed by atoms with van der Waals surface area (Å²) in [6.07, 6.45) is 2.00. The van der Waals surface area contributed by atoms with E-state index in [2.05, 4.69) is 0 Å². The van der Waals surface area contributed by atoms with Crippen molar-refractivity contribution in [3.63, 3.8) is 0 Å². The van der Waals surface area contributed by atoms with E-state index in [1.807, 2.05) is 20.8 Å². The lowest BCUT2D eigenvalue weighted by Crippen LogP contribution is -2.33. The molecule has 0 radical (unpaired) electrons. The Morgan fingerprint density at radius 2 is 2.08 bits per heavy atom. The average Bonchev–Trinajstić information content (AvgIpc) is 2.05. The number of methoxy groups -OCH3 is 1. The maximum atomic E-state index is 10.6. The van der Waals surface area contributed by atoms with Gasteiger partial charge in [0.25, 0.3) is 0 Å². The van der Waals surface area contributed by atoms with E-state index in [1.54, 1.807) is 7.11 Å². The second-order valence-electron chi connectivity index (χ2n) is 3.93. The molecule has 13 heavy (non-hydrogen) atoms. The standard InChI is InChI=1S/C10H20O3/c1-5-8(9(11)12)6-7-10(2,3)13-4/h8H,5-7H2,1-4H3,(H,11,12)/p-1. The molecular formula is C10H19O3-. The lowest BCUT2D eigenvalue weighted by Gasteiger charge is -2.25. The van der Waals surface area contributed by atoms with Crippen molar-refractivity contribution >= 4 is 5.97 Å². The zero-order valence-corrected chi connectivity index (χ0v) is 8.92. The van der Waals surface area contributed by atoms with Crippen LogP contribution in [0.4, 0.5) is 0 Å². The van der Waals surface area contributed by atoms with E-state index < -0.39 is 5.97 Å². The van der Waals surface area contributed by atoms with Gasteiger partial charge < -0.3 is 14.6 Å². The number of ether oxygens (including phenoxy) is 1. The summed E-state index contributed by atoms with van der Waals surface area (Å²) in [6, 6.07) is 0. The Balaban J connectivity index is 3.92. The number of rotatable bonds is 6. The van der Waals surface area contributed by atoms with Crippen LogP contribution in [0.5, 0.6) is 0 Å². The monoisotopic (exact) mass is 187 g/mol. The molecule has 0 aliphatic rings. The Hall–Kier alpha value is -0.570. The first-order valence-corrected chi connectivity index (χ1v) is 4.69. The highest BCUT2D eigenvalue weighted by molar-refractivity contribution is 5.67. The Morgan fingerprint density at radius 1 is 1.54 bits per heavy atom. The van der Waals surface area contributed by atoms with E-state index in [-0.39, 0.29) is 11.5 Å². The Bertz CT molecular complexity index is 164. The van der Waals surface area contributed by atoms with Gasteiger partial charge in [-0.15, -0.1) is 0 Å². The van der Waals surface area contributed by atoms with E-state index in [4.69, 9.17) is 4.74 Å². The number of carboxylic acids is 1. The van der Waals surface area contributed by atoms with Crippen LogP contribution >= 0.6 is 0 Å². The molecule has 0 fully saturated rings. The van der Waals surface area contributed by atoms with Crippen molar-refractivity contribution in [2.45, 2.75) is 45.6 Å². The first kappa shape index (κ1) is 12.4. The zero-order chi connectivity index (χ0) is 10.5. The molecule has 0 aliphatic heterocycles. The summed E-state index contributed by atoms with van der Waals surface area (Å²) >= 11 is 0. The van der Waals surface area contributed by atoms with E-state index in [0.717, 1.165) is 6.42 Å². The molecule has 0 saturated carbocycles. The summed E-state index contributed by atoms with van der Waals surface area (Å²) < 4.78 is 5.20. The van der Waals surface area contributed by atoms with Crippen molar-refractivity contribution in [1.29, 1.82) is 0 Å². The number of hydrogen-bond donors (Lipinski definition) is 0. The molecule has 0 rings (SSSR count). The third-order valence-electron chi connectivity index (χ3n) is 2.47. The summed E-state index contributed by atoms with van der Waals surface area (Å²) in [5.41, 5.74) is -0.233. The minimum atomic E-state index is -0.950. The van der Waals surface area contributed by atoms with Crippen LogP contribution < -0.4 is 5.11 Å². The molecular weight excluding hydrogens is 168 g/mol. The Morgan fingerprint density at radius 3 is 2.38 bits per heavy atom. The molecule has 0 saturated heterocycles. The molecule has 3 heteroatoms. The van der Waals surface area contributed by atoms with Crippen LogP contribution in [0, 0.1) is 5.92 Å². The Kier molecular flexibility index (Phi) is 4.99. The molecule has 3 nitrogen and oxygen atoms in total. The predicted molar refractivity (Wildman–Crippen MR) is 49.1 cm³/mol. The number of hydrogen-bond acceptors (Lipinski definition) is 3. The molecule has 0 aliphatic carbocycles. The SMILES string of the molecule is CCC(CCC(C)(C)OC)C(=O)[O-]. The second-order valence-corrected chi connectivity index (χ2v) is 3.93. The molecule has 0 aromatic rings. The van der Waals surface area contributed by atoms with Gasteiger partial charge in [-0.25, -0.2) is 0 Å². The van der Waals surface area contributed by atoms with Crippen LogP contribution in [0.2, 0.25) is 0 Å². The zero-order valence-electron chi connectivity index (χ0n) is 8.92. The maximum Gasteiger partial charge on any atom is 0.0623 e. The fraction of sp³-hybridized carbons (Fsp3) is 0.900. The smallest absolute Gasteiger partial charge is 0.0623 e. The number of carbonyl (C=O) groups is 1. The summed E-state index contributed by atoms with van der Waals surface area (Å²) in [5.74, 6) is -1.29. The number of carbonyl (C=O) groups excluding carboxylic acids is 1. The van der Waals surface area contributed by atoms with Gasteiger partial charge in [0.05, 0.1) is 5.60 Å². The molecule has 1 atom stereocenters. The van der Waals surface area contributed by atoms with E-state index in [0.29, 0.717) is 12.8 Å². The number of aliphatic carboxylic acids is 1. The summed E-state index contributed by atoms with van der Waals surface area (Å²) in [6.45, 7) is 5.77. The van der Waals surface area contributed by atoms with Crippen LogP contribution in [0.25, 0.3) is 0 Å². The minimum Gasteiger partial charge on any atom is -0.550 e. The van der Waals surface area contributed by atoms with Gasteiger partial charge in [0.2, 0.25) is 0 Å². The van der Waals surface area contributed by atoms with E-state index >= 15 is 0 Å². The van der Waals surface area contributed by atoms with Crippen molar-refractivity contribution in [1.82, 2.24) is 0 Å². The molecule has 0 N–H and O–H groups in total. The van der Waals surface area contributed by atoms with Gasteiger partial charge in [0, 0.05) is 13.1 Å². The van der Waals surface area contributed by atoms with E-state index in [9.17, 15) is 9.90 Å². The van der Waals surface area contributed by atoms with Crippen molar-refractivity contribution in [2.24, 2.45) is 5.92 Å². The molecule has 1 unspecified atom stereocenters. The first-order valence-electron chi connectivity index (χ1n) is 4.69. The van der Waals surface area contributed by atoms with Gasteiger partial charge in [-0.2, -0.15) is 0 Å². The van der Waals surface area contributed by atoms with Gasteiger partial charge in [-0.1, -0.05) is 6.92 Å². The summed E-state index contributed by atoms with van der Waals surface area (Å²) in [5, 5.41) is 10.6. The fourth-order valence-corrected chi connectivity index (χ4v) is 1.11. The third-order valence-corrected chi connectivity index (χ3v) is 2.47. The van der Waals surface area contributed by atoms with Crippen molar-refractivity contribution in [2.75, 3.05) is 7.11 Å². The maximum absolute atomic E-state index is 10.6. The van der Waals surface area contributed by atoms with Crippen LogP contribution in [0.3, 0.4) is 0 Å². The minimum absolute atomic E-state index is 0.233. The molecule has 78 valence electrons. The lowest BCUT2D eigenvalue weighted by molar-refractivity contribution is -0.312. The topological polar surface area (TPSA) is 49.4 Å². The van der Waals surface area contributed by atoms with Crippen molar-refractivity contribution in [3.05, 3.63) is 0 Å². The fourth-order valence-electron chi connectivity index (χ4n) is 1.11. The van der Waals surface area contributed by atoms with Gasteiger partial charge >= 0.3 is 0 Å². The van der Waals surface area contributed by atoms with Gasteiger partial charge in [0.15, 0.2) is 0 Å². The highest BCUT2D eigenvalue weighted by Crippen LogP contribution is 2.20.